The van der Waals surface area contributed by atoms with E-state index in [1.165, 1.54) is 0 Å². The molecule has 1 aromatic rings. The second-order valence-electron chi connectivity index (χ2n) is 4.74. The second-order valence-corrected chi connectivity index (χ2v) is 5.60. The number of aromatic nitrogens is 1. The summed E-state index contributed by atoms with van der Waals surface area (Å²) in [5, 5.41) is 0. The minimum Gasteiger partial charge on any atom is -0.337 e. The molecule has 1 saturated carbocycles. The van der Waals surface area contributed by atoms with Crippen LogP contribution in [-0.2, 0) is 0 Å². The number of rotatable bonds is 3. The molecular weight excluding hydrogens is 294 g/mol. The Morgan fingerprint density at radius 1 is 1.61 bits per heavy atom. The van der Waals surface area contributed by atoms with E-state index in [9.17, 15) is 4.79 Å². The Labute approximate surface area is 116 Å². The smallest absolute Gasteiger partial charge is 0.273 e. The van der Waals surface area contributed by atoms with Crippen molar-refractivity contribution >= 4 is 21.8 Å². The first-order valence-corrected chi connectivity index (χ1v) is 7.02. The quantitative estimate of drug-likeness (QED) is 0.929. The van der Waals surface area contributed by atoms with E-state index >= 15 is 0 Å². The first-order valence-electron chi connectivity index (χ1n) is 6.23. The Morgan fingerprint density at radius 2 is 2.39 bits per heavy atom. The second kappa shape index (κ2) is 5.80. The van der Waals surface area contributed by atoms with Gasteiger partial charge in [-0.15, -0.1) is 0 Å². The van der Waals surface area contributed by atoms with Gasteiger partial charge in [0.05, 0.1) is 0 Å². The Kier molecular flexibility index (Phi) is 4.35. The van der Waals surface area contributed by atoms with Gasteiger partial charge in [-0.3, -0.25) is 4.79 Å². The molecular formula is C13H18BrN3O. The normalized spacial score (nSPS) is 23.1. The van der Waals surface area contributed by atoms with Gasteiger partial charge in [0.2, 0.25) is 0 Å². The standard InChI is InChI=1S/C13H18BrN3O/c1-17(11-6-2-4-9(11)8-15)13(18)12-10(14)5-3-7-16-12/h3,5,7,9,11H,2,4,6,8,15H2,1H3. The summed E-state index contributed by atoms with van der Waals surface area (Å²) >= 11 is 3.37. The molecule has 2 N–H and O–H groups in total. The molecule has 0 bridgehead atoms. The minimum absolute atomic E-state index is 0.0344. The van der Waals surface area contributed by atoms with Crippen molar-refractivity contribution in [2.45, 2.75) is 25.3 Å². The highest BCUT2D eigenvalue weighted by Crippen LogP contribution is 2.29. The topological polar surface area (TPSA) is 59.2 Å². The zero-order chi connectivity index (χ0) is 13.1. The number of nitrogens with zero attached hydrogens (tertiary/aromatic N) is 2. The molecule has 18 heavy (non-hydrogen) atoms. The van der Waals surface area contributed by atoms with Gasteiger partial charge >= 0.3 is 0 Å². The first kappa shape index (κ1) is 13.5. The number of pyridine rings is 1. The molecule has 2 rings (SSSR count). The molecule has 0 aliphatic heterocycles. The summed E-state index contributed by atoms with van der Waals surface area (Å²) in [5.41, 5.74) is 6.24. The molecule has 0 saturated heterocycles. The van der Waals surface area contributed by atoms with Crippen molar-refractivity contribution in [2.24, 2.45) is 11.7 Å². The van der Waals surface area contributed by atoms with Gasteiger partial charge in [-0.25, -0.2) is 4.98 Å². The number of carbonyl (C=O) groups is 1. The zero-order valence-corrected chi connectivity index (χ0v) is 12.1. The third-order valence-electron chi connectivity index (χ3n) is 3.70. The van der Waals surface area contributed by atoms with Crippen LogP contribution < -0.4 is 5.73 Å². The Morgan fingerprint density at radius 3 is 3.06 bits per heavy atom. The minimum atomic E-state index is -0.0344. The fraction of sp³-hybridized carbons (Fsp3) is 0.538. The number of nitrogens with two attached hydrogens (primary N) is 1. The van der Waals surface area contributed by atoms with Gasteiger partial charge in [-0.05, 0) is 53.4 Å². The van der Waals surface area contributed by atoms with Gasteiger partial charge in [0.15, 0.2) is 0 Å². The van der Waals surface area contributed by atoms with Crippen LogP contribution in [-0.4, -0.2) is 35.4 Å². The predicted molar refractivity (Wildman–Crippen MR) is 74.2 cm³/mol. The largest absolute Gasteiger partial charge is 0.337 e. The highest BCUT2D eigenvalue weighted by Gasteiger charge is 2.32. The molecule has 98 valence electrons. The maximum atomic E-state index is 12.4. The van der Waals surface area contributed by atoms with E-state index in [-0.39, 0.29) is 11.9 Å². The van der Waals surface area contributed by atoms with Crippen LogP contribution >= 0.6 is 15.9 Å². The Balaban J connectivity index is 2.16. The third-order valence-corrected chi connectivity index (χ3v) is 4.34. The van der Waals surface area contributed by atoms with Gasteiger partial charge in [-0.1, -0.05) is 6.42 Å². The number of amides is 1. The molecule has 1 heterocycles. The van der Waals surface area contributed by atoms with E-state index in [1.807, 2.05) is 13.1 Å². The van der Waals surface area contributed by atoms with Crippen LogP contribution in [0.15, 0.2) is 22.8 Å². The summed E-state index contributed by atoms with van der Waals surface area (Å²) in [6, 6.07) is 3.89. The fourth-order valence-corrected chi connectivity index (χ4v) is 3.09. The average Bonchev–Trinajstić information content (AvgIpc) is 2.86. The van der Waals surface area contributed by atoms with Crippen molar-refractivity contribution in [1.82, 2.24) is 9.88 Å². The average molecular weight is 312 g/mol. The SMILES string of the molecule is CN(C(=O)c1ncccc1Br)C1CCCC1CN. The van der Waals surface area contributed by atoms with Gasteiger partial charge < -0.3 is 10.6 Å². The molecule has 0 aromatic carbocycles. The summed E-state index contributed by atoms with van der Waals surface area (Å²) < 4.78 is 0.740. The van der Waals surface area contributed by atoms with E-state index in [0.29, 0.717) is 18.2 Å². The molecule has 2 atom stereocenters. The van der Waals surface area contributed by atoms with Crippen LogP contribution in [0.2, 0.25) is 0 Å². The van der Waals surface area contributed by atoms with Crippen molar-refractivity contribution in [3.05, 3.63) is 28.5 Å². The van der Waals surface area contributed by atoms with E-state index in [1.54, 1.807) is 17.2 Å². The number of carbonyl (C=O) groups excluding carboxylic acids is 1. The number of hydrogen-bond acceptors (Lipinski definition) is 3. The maximum absolute atomic E-state index is 12.4. The lowest BCUT2D eigenvalue weighted by Gasteiger charge is -2.29. The Bertz CT molecular complexity index is 438. The lowest BCUT2D eigenvalue weighted by Crippen LogP contribution is -2.41. The van der Waals surface area contributed by atoms with Crippen molar-refractivity contribution < 1.29 is 4.79 Å². The molecule has 2 unspecified atom stereocenters. The van der Waals surface area contributed by atoms with Crippen LogP contribution in [0.3, 0.4) is 0 Å². The van der Waals surface area contributed by atoms with Crippen molar-refractivity contribution in [1.29, 1.82) is 0 Å². The summed E-state index contributed by atoms with van der Waals surface area (Å²) in [5.74, 6) is 0.384. The van der Waals surface area contributed by atoms with Crippen LogP contribution in [0.25, 0.3) is 0 Å². The molecule has 1 fully saturated rings. The third kappa shape index (κ3) is 2.57. The molecule has 1 aliphatic carbocycles. The summed E-state index contributed by atoms with van der Waals surface area (Å²) in [6.07, 6.45) is 4.94. The van der Waals surface area contributed by atoms with E-state index in [4.69, 9.17) is 5.73 Å². The number of hydrogen-bond donors (Lipinski definition) is 1. The monoisotopic (exact) mass is 311 g/mol. The molecule has 0 radical (unpaired) electrons. The summed E-state index contributed by atoms with van der Waals surface area (Å²) in [7, 11) is 1.85. The fourth-order valence-electron chi connectivity index (χ4n) is 2.66. The van der Waals surface area contributed by atoms with Crippen molar-refractivity contribution in [3.8, 4) is 0 Å². The molecule has 5 heteroatoms. The van der Waals surface area contributed by atoms with Gasteiger partial charge in [0.1, 0.15) is 5.69 Å². The first-order chi connectivity index (χ1) is 8.65. The summed E-state index contributed by atoms with van der Waals surface area (Å²) in [4.78, 5) is 18.4. The molecule has 1 amide bonds. The molecule has 4 nitrogen and oxygen atoms in total. The molecule has 1 aliphatic rings. The number of halogens is 1. The lowest BCUT2D eigenvalue weighted by molar-refractivity contribution is 0.0693. The lowest BCUT2D eigenvalue weighted by atomic mass is 10.0. The zero-order valence-electron chi connectivity index (χ0n) is 10.5. The van der Waals surface area contributed by atoms with Crippen LogP contribution in [0.5, 0.6) is 0 Å². The van der Waals surface area contributed by atoms with E-state index in [0.717, 1.165) is 23.7 Å². The maximum Gasteiger partial charge on any atom is 0.273 e. The molecule has 1 aromatic heterocycles. The molecule has 0 spiro atoms. The van der Waals surface area contributed by atoms with Gasteiger partial charge in [0.25, 0.3) is 5.91 Å². The van der Waals surface area contributed by atoms with Crippen LogP contribution in [0.4, 0.5) is 0 Å². The predicted octanol–water partition coefficient (Wildman–Crippen LogP) is 2.04. The summed E-state index contributed by atoms with van der Waals surface area (Å²) in [6.45, 7) is 0.645. The van der Waals surface area contributed by atoms with Crippen LogP contribution in [0.1, 0.15) is 29.8 Å². The van der Waals surface area contributed by atoms with E-state index in [2.05, 4.69) is 20.9 Å². The highest BCUT2D eigenvalue weighted by atomic mass is 79.9. The van der Waals surface area contributed by atoms with Crippen molar-refractivity contribution in [3.63, 3.8) is 0 Å². The van der Waals surface area contributed by atoms with Gasteiger partial charge in [0, 0.05) is 23.8 Å². The van der Waals surface area contributed by atoms with Gasteiger partial charge in [-0.2, -0.15) is 0 Å². The van der Waals surface area contributed by atoms with Crippen molar-refractivity contribution in [2.75, 3.05) is 13.6 Å². The van der Waals surface area contributed by atoms with Crippen LogP contribution in [0, 0.1) is 5.92 Å². The highest BCUT2D eigenvalue weighted by molar-refractivity contribution is 9.10. The Hall–Kier alpha value is -0.940. The van der Waals surface area contributed by atoms with E-state index < -0.39 is 0 Å².